The van der Waals surface area contributed by atoms with E-state index in [4.69, 9.17) is 0 Å². The van der Waals surface area contributed by atoms with Crippen LogP contribution in [0.4, 0.5) is 22.0 Å². The Labute approximate surface area is 183 Å². The van der Waals surface area contributed by atoms with E-state index in [0.717, 1.165) is 30.9 Å². The quantitative estimate of drug-likeness (QED) is 0.365. The Hall–Kier alpha value is -2.89. The maximum Gasteiger partial charge on any atom is 0.573 e. The summed E-state index contributed by atoms with van der Waals surface area (Å²) < 4.78 is 70.3. The molecule has 168 valence electrons. The van der Waals surface area contributed by atoms with Crippen LogP contribution in [0.25, 0.3) is 22.3 Å². The molecule has 1 fully saturated rings. The fourth-order valence-electron chi connectivity index (χ4n) is 4.38. The molecule has 3 aromatic rings. The Morgan fingerprint density at radius 2 is 1.25 bits per heavy atom. The topological polar surface area (TPSA) is 9.23 Å². The Kier molecular flexibility index (Phi) is 6.22. The monoisotopic (exact) mass is 446 g/mol. The van der Waals surface area contributed by atoms with Crippen LogP contribution in [0.5, 0.6) is 5.75 Å². The summed E-state index contributed by atoms with van der Waals surface area (Å²) in [7, 11) is 0. The lowest BCUT2D eigenvalue weighted by molar-refractivity contribution is -0.274. The summed E-state index contributed by atoms with van der Waals surface area (Å²) in [6.45, 7) is 2.27. The SMILES string of the molecule is CC1CCC(c2ccc(-c3cc(F)c(-c4ccc(OC(F)(F)F)cc4)c(F)c3)cc2)CC1. The Morgan fingerprint density at radius 1 is 0.719 bits per heavy atom. The summed E-state index contributed by atoms with van der Waals surface area (Å²) >= 11 is 0. The van der Waals surface area contributed by atoms with Gasteiger partial charge < -0.3 is 4.74 Å². The predicted octanol–water partition coefficient (Wildman–Crippen LogP) is 8.49. The van der Waals surface area contributed by atoms with Gasteiger partial charge >= 0.3 is 6.36 Å². The summed E-state index contributed by atoms with van der Waals surface area (Å²) in [4.78, 5) is 0. The highest BCUT2D eigenvalue weighted by atomic mass is 19.4. The first-order chi connectivity index (χ1) is 15.2. The largest absolute Gasteiger partial charge is 0.573 e. The highest BCUT2D eigenvalue weighted by Crippen LogP contribution is 2.37. The summed E-state index contributed by atoms with van der Waals surface area (Å²) in [5, 5.41) is 0. The van der Waals surface area contributed by atoms with E-state index in [-0.39, 0.29) is 11.1 Å². The molecular formula is C26H23F5O. The van der Waals surface area contributed by atoms with Crippen molar-refractivity contribution in [2.45, 2.75) is 44.9 Å². The molecule has 0 aliphatic heterocycles. The summed E-state index contributed by atoms with van der Waals surface area (Å²) in [5.74, 6) is -0.723. The van der Waals surface area contributed by atoms with Crippen LogP contribution in [-0.2, 0) is 0 Å². The van der Waals surface area contributed by atoms with E-state index in [1.54, 1.807) is 0 Å². The lowest BCUT2D eigenvalue weighted by atomic mass is 9.79. The minimum absolute atomic E-state index is 0.128. The van der Waals surface area contributed by atoms with Crippen molar-refractivity contribution in [3.05, 3.63) is 77.9 Å². The average molecular weight is 446 g/mol. The minimum Gasteiger partial charge on any atom is -0.406 e. The van der Waals surface area contributed by atoms with Crippen molar-refractivity contribution in [3.63, 3.8) is 0 Å². The fraction of sp³-hybridized carbons (Fsp3) is 0.308. The van der Waals surface area contributed by atoms with E-state index in [9.17, 15) is 22.0 Å². The maximum absolute atomic E-state index is 14.8. The van der Waals surface area contributed by atoms with Crippen LogP contribution in [0, 0.1) is 17.6 Å². The Balaban J connectivity index is 1.55. The first-order valence-corrected chi connectivity index (χ1v) is 10.6. The van der Waals surface area contributed by atoms with Crippen LogP contribution in [-0.4, -0.2) is 6.36 Å². The van der Waals surface area contributed by atoms with Crippen LogP contribution in [0.2, 0.25) is 0 Å². The zero-order chi connectivity index (χ0) is 22.9. The number of rotatable bonds is 4. The van der Waals surface area contributed by atoms with Gasteiger partial charge in [-0.05, 0) is 71.2 Å². The third-order valence-electron chi connectivity index (χ3n) is 6.15. The van der Waals surface area contributed by atoms with Gasteiger partial charge in [0.05, 0.1) is 5.56 Å². The van der Waals surface area contributed by atoms with Gasteiger partial charge in [0.1, 0.15) is 17.4 Å². The predicted molar refractivity (Wildman–Crippen MR) is 114 cm³/mol. The molecule has 0 saturated heterocycles. The maximum atomic E-state index is 14.8. The van der Waals surface area contributed by atoms with E-state index < -0.39 is 23.7 Å². The van der Waals surface area contributed by atoms with Crippen LogP contribution in [0.1, 0.15) is 44.1 Å². The molecule has 0 N–H and O–H groups in total. The third-order valence-corrected chi connectivity index (χ3v) is 6.15. The third kappa shape index (κ3) is 5.12. The number of ether oxygens (including phenoxy) is 1. The lowest BCUT2D eigenvalue weighted by Gasteiger charge is -2.26. The second-order valence-corrected chi connectivity index (χ2v) is 8.47. The number of alkyl halides is 3. The molecule has 0 spiro atoms. The van der Waals surface area contributed by atoms with E-state index in [0.29, 0.717) is 17.0 Å². The summed E-state index contributed by atoms with van der Waals surface area (Å²) in [6, 6.07) is 14.8. The molecule has 1 nitrogen and oxygen atoms in total. The molecule has 32 heavy (non-hydrogen) atoms. The molecule has 0 aromatic heterocycles. The van der Waals surface area contributed by atoms with Gasteiger partial charge in [-0.2, -0.15) is 0 Å². The summed E-state index contributed by atoms with van der Waals surface area (Å²) in [5.41, 5.74) is 2.20. The van der Waals surface area contributed by atoms with Crippen LogP contribution in [0.3, 0.4) is 0 Å². The normalized spacial score (nSPS) is 19.1. The van der Waals surface area contributed by atoms with Gasteiger partial charge in [-0.25, -0.2) is 8.78 Å². The highest BCUT2D eigenvalue weighted by Gasteiger charge is 2.31. The molecule has 3 aromatic carbocycles. The van der Waals surface area contributed by atoms with Crippen LogP contribution >= 0.6 is 0 Å². The zero-order valence-electron chi connectivity index (χ0n) is 17.6. The van der Waals surface area contributed by atoms with Gasteiger partial charge in [-0.15, -0.1) is 13.2 Å². The Bertz CT molecular complexity index is 1040. The number of hydrogen-bond acceptors (Lipinski definition) is 1. The average Bonchev–Trinajstić information content (AvgIpc) is 2.74. The van der Waals surface area contributed by atoms with E-state index in [1.165, 1.54) is 42.7 Å². The van der Waals surface area contributed by atoms with Crippen LogP contribution < -0.4 is 4.74 Å². The second-order valence-electron chi connectivity index (χ2n) is 8.47. The second kappa shape index (κ2) is 8.93. The van der Waals surface area contributed by atoms with E-state index in [1.807, 2.05) is 24.3 Å². The molecule has 1 aliphatic carbocycles. The van der Waals surface area contributed by atoms with Gasteiger partial charge in [0.15, 0.2) is 0 Å². The van der Waals surface area contributed by atoms with Crippen molar-refractivity contribution < 1.29 is 26.7 Å². The summed E-state index contributed by atoms with van der Waals surface area (Å²) in [6.07, 6.45) is -0.0810. The molecular weight excluding hydrogens is 423 g/mol. The first-order valence-electron chi connectivity index (χ1n) is 10.6. The molecule has 0 unspecified atom stereocenters. The van der Waals surface area contributed by atoms with Gasteiger partial charge in [-0.1, -0.05) is 56.2 Å². The van der Waals surface area contributed by atoms with Gasteiger partial charge in [-0.3, -0.25) is 0 Å². The lowest BCUT2D eigenvalue weighted by Crippen LogP contribution is -2.16. The molecule has 1 saturated carbocycles. The molecule has 0 amide bonds. The van der Waals surface area contributed by atoms with Gasteiger partial charge in [0.2, 0.25) is 0 Å². The minimum atomic E-state index is -4.83. The van der Waals surface area contributed by atoms with Crippen molar-refractivity contribution in [2.75, 3.05) is 0 Å². The van der Waals surface area contributed by atoms with E-state index >= 15 is 0 Å². The molecule has 0 bridgehead atoms. The zero-order valence-corrected chi connectivity index (χ0v) is 17.6. The van der Waals surface area contributed by atoms with Crippen molar-refractivity contribution in [2.24, 2.45) is 5.92 Å². The van der Waals surface area contributed by atoms with E-state index in [2.05, 4.69) is 11.7 Å². The first kappa shape index (κ1) is 22.3. The number of benzene rings is 3. The number of hydrogen-bond donors (Lipinski definition) is 0. The van der Waals surface area contributed by atoms with Crippen molar-refractivity contribution in [3.8, 4) is 28.0 Å². The molecule has 1 aliphatic rings. The van der Waals surface area contributed by atoms with Crippen molar-refractivity contribution in [1.29, 1.82) is 0 Å². The van der Waals surface area contributed by atoms with Crippen LogP contribution in [0.15, 0.2) is 60.7 Å². The van der Waals surface area contributed by atoms with Gasteiger partial charge in [0.25, 0.3) is 0 Å². The molecule has 0 radical (unpaired) electrons. The Morgan fingerprint density at radius 3 is 1.78 bits per heavy atom. The number of halogens is 5. The van der Waals surface area contributed by atoms with Gasteiger partial charge in [0, 0.05) is 0 Å². The molecule has 0 heterocycles. The highest BCUT2D eigenvalue weighted by molar-refractivity contribution is 5.72. The standard InChI is InChI=1S/C26H23F5O/c1-16-2-4-17(5-3-16)18-6-8-19(9-7-18)21-14-23(27)25(24(28)15-21)20-10-12-22(13-11-20)32-26(29,30)31/h6-17H,2-5H2,1H3. The van der Waals surface area contributed by atoms with Crippen molar-refractivity contribution >= 4 is 0 Å². The molecule has 0 atom stereocenters. The molecule has 6 heteroatoms. The fourth-order valence-corrected chi connectivity index (χ4v) is 4.38. The molecule has 4 rings (SSSR count). The smallest absolute Gasteiger partial charge is 0.406 e. The van der Waals surface area contributed by atoms with Crippen molar-refractivity contribution in [1.82, 2.24) is 0 Å².